The first-order valence-corrected chi connectivity index (χ1v) is 8.45. The average Bonchev–Trinajstić information content (AvgIpc) is 3.20. The van der Waals surface area contributed by atoms with Gasteiger partial charge < -0.3 is 15.4 Å². The number of thiazole rings is 1. The molecule has 0 aliphatic carbocycles. The van der Waals surface area contributed by atoms with Crippen LogP contribution in [-0.2, 0) is 11.3 Å². The fourth-order valence-corrected chi connectivity index (χ4v) is 2.98. The second-order valence-electron chi connectivity index (χ2n) is 5.19. The highest BCUT2D eigenvalue weighted by atomic mass is 32.1. The predicted molar refractivity (Wildman–Crippen MR) is 96.4 cm³/mol. The van der Waals surface area contributed by atoms with E-state index in [1.54, 1.807) is 36.4 Å². The number of carbonyl (C=O) groups excluding carboxylic acids is 1. The van der Waals surface area contributed by atoms with E-state index in [0.29, 0.717) is 29.7 Å². The fraction of sp³-hybridized carbons (Fsp3) is 0.250. The zero-order valence-electron chi connectivity index (χ0n) is 13.9. The molecule has 0 fully saturated rings. The first-order valence-electron chi connectivity index (χ1n) is 7.64. The number of pyridine rings is 1. The van der Waals surface area contributed by atoms with Crippen LogP contribution in [0.15, 0.2) is 36.8 Å². The van der Waals surface area contributed by atoms with Crippen molar-refractivity contribution < 1.29 is 9.53 Å². The minimum absolute atomic E-state index is 0.312. The standard InChI is InChI=1S/C16H18N6O2S/c1-11-18-14(16(25-11)19-12-4-3-6-17-10-12)15(23)20-13-5-7-22(21-13)8-9-24-2/h3-7,10,19H,8-9H2,1-2H3,(H,20,21,23). The Bertz CT molecular complexity index is 845. The summed E-state index contributed by atoms with van der Waals surface area (Å²) in [5.41, 5.74) is 1.13. The smallest absolute Gasteiger partial charge is 0.278 e. The van der Waals surface area contributed by atoms with Gasteiger partial charge in [-0.05, 0) is 19.1 Å². The summed E-state index contributed by atoms with van der Waals surface area (Å²) in [7, 11) is 1.63. The van der Waals surface area contributed by atoms with Crippen molar-refractivity contribution in [2.24, 2.45) is 0 Å². The molecule has 0 aliphatic rings. The van der Waals surface area contributed by atoms with E-state index >= 15 is 0 Å². The van der Waals surface area contributed by atoms with Crippen molar-refractivity contribution in [1.82, 2.24) is 19.7 Å². The third-order valence-corrected chi connectivity index (χ3v) is 4.16. The van der Waals surface area contributed by atoms with Gasteiger partial charge in [-0.2, -0.15) is 5.10 Å². The Hall–Kier alpha value is -2.78. The van der Waals surface area contributed by atoms with E-state index in [0.717, 1.165) is 10.7 Å². The highest BCUT2D eigenvalue weighted by Gasteiger charge is 2.18. The molecule has 0 saturated heterocycles. The van der Waals surface area contributed by atoms with E-state index in [9.17, 15) is 4.79 Å². The number of aromatic nitrogens is 4. The van der Waals surface area contributed by atoms with Gasteiger partial charge in [-0.3, -0.25) is 14.5 Å². The van der Waals surface area contributed by atoms with Gasteiger partial charge in [0.1, 0.15) is 5.00 Å². The molecule has 0 radical (unpaired) electrons. The van der Waals surface area contributed by atoms with Gasteiger partial charge in [-0.25, -0.2) is 4.98 Å². The first-order chi connectivity index (χ1) is 12.2. The summed E-state index contributed by atoms with van der Waals surface area (Å²) >= 11 is 1.41. The quantitative estimate of drug-likeness (QED) is 0.674. The van der Waals surface area contributed by atoms with Crippen molar-refractivity contribution in [3.63, 3.8) is 0 Å². The third-order valence-electron chi connectivity index (χ3n) is 3.28. The summed E-state index contributed by atoms with van der Waals surface area (Å²) in [4.78, 5) is 20.9. The van der Waals surface area contributed by atoms with Crippen LogP contribution in [0.2, 0.25) is 0 Å². The number of nitrogens with zero attached hydrogens (tertiary/aromatic N) is 4. The number of rotatable bonds is 7. The Balaban J connectivity index is 1.72. The monoisotopic (exact) mass is 358 g/mol. The lowest BCUT2D eigenvalue weighted by atomic mass is 10.3. The van der Waals surface area contributed by atoms with Crippen molar-refractivity contribution in [1.29, 1.82) is 0 Å². The molecule has 0 unspecified atom stereocenters. The van der Waals surface area contributed by atoms with Gasteiger partial charge in [0.2, 0.25) is 0 Å². The van der Waals surface area contributed by atoms with Crippen LogP contribution >= 0.6 is 11.3 Å². The topological polar surface area (TPSA) is 94.0 Å². The number of hydrogen-bond acceptors (Lipinski definition) is 7. The number of carbonyl (C=O) groups is 1. The van der Waals surface area contributed by atoms with Gasteiger partial charge in [0.25, 0.3) is 5.91 Å². The number of hydrogen-bond donors (Lipinski definition) is 2. The lowest BCUT2D eigenvalue weighted by molar-refractivity contribution is 0.102. The largest absolute Gasteiger partial charge is 0.383 e. The molecule has 3 aromatic rings. The summed E-state index contributed by atoms with van der Waals surface area (Å²) < 4.78 is 6.72. The fourth-order valence-electron chi connectivity index (χ4n) is 2.15. The molecule has 0 aromatic carbocycles. The van der Waals surface area contributed by atoms with Crippen LogP contribution in [0.1, 0.15) is 15.5 Å². The van der Waals surface area contributed by atoms with Crippen molar-refractivity contribution in [3.8, 4) is 0 Å². The molecule has 0 saturated carbocycles. The van der Waals surface area contributed by atoms with Crippen LogP contribution in [-0.4, -0.2) is 39.4 Å². The molecule has 25 heavy (non-hydrogen) atoms. The Morgan fingerprint density at radius 3 is 3.04 bits per heavy atom. The Morgan fingerprint density at radius 2 is 2.28 bits per heavy atom. The Morgan fingerprint density at radius 1 is 1.40 bits per heavy atom. The van der Waals surface area contributed by atoms with E-state index in [4.69, 9.17) is 4.74 Å². The number of methoxy groups -OCH3 is 1. The maximum atomic E-state index is 12.6. The van der Waals surface area contributed by atoms with Crippen molar-refractivity contribution in [3.05, 3.63) is 47.5 Å². The zero-order chi connectivity index (χ0) is 17.6. The number of ether oxygens (including phenoxy) is 1. The third kappa shape index (κ3) is 4.40. The molecule has 0 aliphatic heterocycles. The number of anilines is 3. The maximum Gasteiger partial charge on any atom is 0.278 e. The van der Waals surface area contributed by atoms with Crippen molar-refractivity contribution in [2.45, 2.75) is 13.5 Å². The molecule has 9 heteroatoms. The molecule has 2 N–H and O–H groups in total. The molecule has 0 spiro atoms. The summed E-state index contributed by atoms with van der Waals surface area (Å²) in [6, 6.07) is 5.44. The minimum atomic E-state index is -0.312. The van der Waals surface area contributed by atoms with Gasteiger partial charge in [0.15, 0.2) is 11.5 Å². The van der Waals surface area contributed by atoms with Gasteiger partial charge in [0, 0.05) is 25.6 Å². The molecule has 0 atom stereocenters. The molecule has 3 heterocycles. The zero-order valence-corrected chi connectivity index (χ0v) is 14.7. The highest BCUT2D eigenvalue weighted by molar-refractivity contribution is 7.16. The molecule has 0 bridgehead atoms. The maximum absolute atomic E-state index is 12.6. The van der Waals surface area contributed by atoms with Crippen LogP contribution in [0.25, 0.3) is 0 Å². The molecule has 8 nitrogen and oxygen atoms in total. The molecule has 1 amide bonds. The number of aryl methyl sites for hydroxylation is 1. The molecular weight excluding hydrogens is 340 g/mol. The average molecular weight is 358 g/mol. The Labute approximate surface area is 148 Å². The highest BCUT2D eigenvalue weighted by Crippen LogP contribution is 2.28. The van der Waals surface area contributed by atoms with Crippen LogP contribution in [0.5, 0.6) is 0 Å². The molecule has 3 aromatic heterocycles. The molecule has 130 valence electrons. The summed E-state index contributed by atoms with van der Waals surface area (Å²) in [6.07, 6.45) is 5.17. The second-order valence-corrected chi connectivity index (χ2v) is 6.39. The van der Waals surface area contributed by atoms with Crippen molar-refractivity contribution >= 4 is 33.8 Å². The predicted octanol–water partition coefficient (Wildman–Crippen LogP) is 2.69. The van der Waals surface area contributed by atoms with E-state index in [1.165, 1.54) is 11.3 Å². The van der Waals surface area contributed by atoms with Crippen molar-refractivity contribution in [2.75, 3.05) is 24.4 Å². The van der Waals surface area contributed by atoms with Crippen LogP contribution in [0.3, 0.4) is 0 Å². The van der Waals surface area contributed by atoms with Gasteiger partial charge in [-0.15, -0.1) is 11.3 Å². The van der Waals surface area contributed by atoms with E-state index < -0.39 is 0 Å². The van der Waals surface area contributed by atoms with Gasteiger partial charge >= 0.3 is 0 Å². The van der Waals surface area contributed by atoms with Crippen LogP contribution < -0.4 is 10.6 Å². The van der Waals surface area contributed by atoms with Crippen LogP contribution in [0, 0.1) is 6.92 Å². The van der Waals surface area contributed by atoms with Gasteiger partial charge in [-0.1, -0.05) is 0 Å². The summed E-state index contributed by atoms with van der Waals surface area (Å²) in [6.45, 7) is 3.03. The lowest BCUT2D eigenvalue weighted by Gasteiger charge is -2.05. The molecule has 3 rings (SSSR count). The van der Waals surface area contributed by atoms with Gasteiger partial charge in [0.05, 0.1) is 30.0 Å². The summed E-state index contributed by atoms with van der Waals surface area (Å²) in [5.74, 6) is 0.159. The Kier molecular flexibility index (Phi) is 5.36. The lowest BCUT2D eigenvalue weighted by Crippen LogP contribution is -2.15. The first kappa shape index (κ1) is 17.1. The molecular formula is C16H18N6O2S. The SMILES string of the molecule is COCCn1ccc(NC(=O)c2nc(C)sc2Nc2cccnc2)n1. The summed E-state index contributed by atoms with van der Waals surface area (Å²) in [5, 5.41) is 11.7. The number of amides is 1. The van der Waals surface area contributed by atoms with E-state index in [1.807, 2.05) is 19.1 Å². The number of nitrogens with one attached hydrogen (secondary N) is 2. The minimum Gasteiger partial charge on any atom is -0.383 e. The van der Waals surface area contributed by atoms with Crippen LogP contribution in [0.4, 0.5) is 16.5 Å². The van der Waals surface area contributed by atoms with E-state index in [-0.39, 0.29) is 5.91 Å². The van der Waals surface area contributed by atoms with E-state index in [2.05, 4.69) is 25.7 Å². The second kappa shape index (κ2) is 7.86. The normalized spacial score (nSPS) is 10.6.